The lowest BCUT2D eigenvalue weighted by molar-refractivity contribution is -0.123. The number of nitrogens with zero attached hydrogens (tertiary/aromatic N) is 1. The molecular formula is C17H19FN2O2S. The van der Waals surface area contributed by atoms with Crippen molar-refractivity contribution in [3.8, 4) is 0 Å². The van der Waals surface area contributed by atoms with E-state index >= 15 is 0 Å². The largest absolute Gasteiger partial charge is 0.369 e. The second-order valence-corrected chi connectivity index (χ2v) is 7.23. The van der Waals surface area contributed by atoms with Crippen molar-refractivity contribution in [2.75, 3.05) is 6.54 Å². The van der Waals surface area contributed by atoms with Crippen LogP contribution in [-0.2, 0) is 4.79 Å². The highest BCUT2D eigenvalue weighted by Gasteiger charge is 2.33. The third kappa shape index (κ3) is 2.83. The Morgan fingerprint density at radius 3 is 2.78 bits per heavy atom. The molecule has 6 heteroatoms. The van der Waals surface area contributed by atoms with Crippen LogP contribution in [-0.4, -0.2) is 29.3 Å². The van der Waals surface area contributed by atoms with Crippen LogP contribution < -0.4 is 5.73 Å². The van der Waals surface area contributed by atoms with Gasteiger partial charge >= 0.3 is 0 Å². The fraction of sp³-hybridized carbons (Fsp3) is 0.412. The molecule has 2 aromatic rings. The molecule has 1 aliphatic rings. The van der Waals surface area contributed by atoms with Gasteiger partial charge in [0.15, 0.2) is 0 Å². The SMILES string of the molecule is Cc1c(C(=O)N2C[C@H](C(N)=O)CC[C@H]2C)sc2ccc(F)cc12. The van der Waals surface area contributed by atoms with Gasteiger partial charge in [-0.1, -0.05) is 0 Å². The second-order valence-electron chi connectivity index (χ2n) is 6.18. The third-order valence-electron chi connectivity index (χ3n) is 4.64. The summed E-state index contributed by atoms with van der Waals surface area (Å²) in [7, 11) is 0. The molecule has 1 fully saturated rings. The Balaban J connectivity index is 1.96. The summed E-state index contributed by atoms with van der Waals surface area (Å²) in [6.45, 7) is 4.18. The van der Waals surface area contributed by atoms with Gasteiger partial charge in [-0.2, -0.15) is 0 Å². The zero-order valence-corrected chi connectivity index (χ0v) is 14.0. The number of hydrogen-bond acceptors (Lipinski definition) is 3. The van der Waals surface area contributed by atoms with E-state index < -0.39 is 0 Å². The average Bonchev–Trinajstić information content (AvgIpc) is 2.83. The summed E-state index contributed by atoms with van der Waals surface area (Å²) < 4.78 is 14.3. The zero-order valence-electron chi connectivity index (χ0n) is 13.1. The molecule has 0 bridgehead atoms. The standard InChI is InChI=1S/C17H19FN2O2S/c1-9-3-4-11(16(19)21)8-20(9)17(22)15-10(2)13-7-12(18)5-6-14(13)23-15/h5-7,9,11H,3-4,8H2,1-2H3,(H2,19,21)/t9-,11-/m1/s1. The first-order valence-electron chi connectivity index (χ1n) is 7.67. The molecule has 0 unspecified atom stereocenters. The first-order valence-corrected chi connectivity index (χ1v) is 8.49. The number of primary amides is 1. The van der Waals surface area contributed by atoms with E-state index in [2.05, 4.69) is 0 Å². The highest BCUT2D eigenvalue weighted by atomic mass is 32.1. The highest BCUT2D eigenvalue weighted by molar-refractivity contribution is 7.21. The maximum Gasteiger partial charge on any atom is 0.264 e. The third-order valence-corrected chi connectivity index (χ3v) is 5.90. The average molecular weight is 334 g/mol. The first kappa shape index (κ1) is 15.9. The molecule has 1 aromatic carbocycles. The molecular weight excluding hydrogens is 315 g/mol. The molecule has 0 radical (unpaired) electrons. The molecule has 3 rings (SSSR count). The van der Waals surface area contributed by atoms with Crippen molar-refractivity contribution in [3.63, 3.8) is 0 Å². The second kappa shape index (κ2) is 5.92. The Labute approximate surface area is 138 Å². The fourth-order valence-corrected chi connectivity index (χ4v) is 4.30. The van der Waals surface area contributed by atoms with Gasteiger partial charge in [-0.3, -0.25) is 9.59 Å². The summed E-state index contributed by atoms with van der Waals surface area (Å²) in [5, 5.41) is 0.773. The molecule has 1 aliphatic heterocycles. The molecule has 0 aliphatic carbocycles. The van der Waals surface area contributed by atoms with Gasteiger partial charge in [-0.25, -0.2) is 4.39 Å². The zero-order chi connectivity index (χ0) is 16.7. The van der Waals surface area contributed by atoms with E-state index in [1.54, 1.807) is 11.0 Å². The lowest BCUT2D eigenvalue weighted by atomic mass is 9.92. The molecule has 4 nitrogen and oxygen atoms in total. The van der Waals surface area contributed by atoms with Crippen molar-refractivity contribution in [3.05, 3.63) is 34.5 Å². The van der Waals surface area contributed by atoms with Crippen molar-refractivity contribution in [2.24, 2.45) is 11.7 Å². The quantitative estimate of drug-likeness (QED) is 0.917. The molecule has 2 heterocycles. The van der Waals surface area contributed by atoms with Gasteiger partial charge in [0.25, 0.3) is 5.91 Å². The monoisotopic (exact) mass is 334 g/mol. The molecule has 2 atom stereocenters. The molecule has 0 saturated carbocycles. The number of hydrogen-bond donors (Lipinski definition) is 1. The predicted molar refractivity (Wildman–Crippen MR) is 88.9 cm³/mol. The molecule has 122 valence electrons. The molecule has 2 N–H and O–H groups in total. The van der Waals surface area contributed by atoms with Crippen molar-refractivity contribution < 1.29 is 14.0 Å². The highest BCUT2D eigenvalue weighted by Crippen LogP contribution is 2.34. The number of benzene rings is 1. The van der Waals surface area contributed by atoms with Gasteiger partial charge in [0.05, 0.1) is 10.8 Å². The van der Waals surface area contributed by atoms with Crippen molar-refractivity contribution in [2.45, 2.75) is 32.7 Å². The Kier molecular flexibility index (Phi) is 4.10. The number of carbonyl (C=O) groups is 2. The van der Waals surface area contributed by atoms with Crippen LogP contribution in [0.1, 0.15) is 35.0 Å². The summed E-state index contributed by atoms with van der Waals surface area (Å²) in [6, 6.07) is 4.63. The number of fused-ring (bicyclic) bond motifs is 1. The van der Waals surface area contributed by atoms with Gasteiger partial charge in [-0.15, -0.1) is 11.3 Å². The number of nitrogens with two attached hydrogens (primary N) is 1. The minimum Gasteiger partial charge on any atom is -0.369 e. The summed E-state index contributed by atoms with van der Waals surface area (Å²) in [4.78, 5) is 26.7. The number of piperidine rings is 1. The number of aryl methyl sites for hydroxylation is 1. The van der Waals surface area contributed by atoms with Crippen LogP contribution in [0.25, 0.3) is 10.1 Å². The summed E-state index contributed by atoms with van der Waals surface area (Å²) in [6.07, 6.45) is 1.48. The number of halogens is 1. The van der Waals surface area contributed by atoms with Crippen LogP contribution in [0.3, 0.4) is 0 Å². The van der Waals surface area contributed by atoms with Crippen LogP contribution in [0.15, 0.2) is 18.2 Å². The van der Waals surface area contributed by atoms with E-state index in [0.29, 0.717) is 11.4 Å². The Morgan fingerprint density at radius 2 is 2.09 bits per heavy atom. The lowest BCUT2D eigenvalue weighted by Crippen LogP contribution is -2.48. The van der Waals surface area contributed by atoms with E-state index in [-0.39, 0.29) is 29.6 Å². The van der Waals surface area contributed by atoms with E-state index in [1.165, 1.54) is 23.5 Å². The Morgan fingerprint density at radius 1 is 1.35 bits per heavy atom. The van der Waals surface area contributed by atoms with E-state index in [4.69, 9.17) is 5.73 Å². The van der Waals surface area contributed by atoms with Crippen molar-refractivity contribution >= 4 is 33.2 Å². The van der Waals surface area contributed by atoms with Crippen LogP contribution in [0.2, 0.25) is 0 Å². The van der Waals surface area contributed by atoms with Crippen LogP contribution in [0.5, 0.6) is 0 Å². The van der Waals surface area contributed by atoms with E-state index in [9.17, 15) is 14.0 Å². The summed E-state index contributed by atoms with van der Waals surface area (Å²) in [5.74, 6) is -1.05. The molecule has 2 amide bonds. The van der Waals surface area contributed by atoms with Gasteiger partial charge in [0, 0.05) is 17.3 Å². The summed E-state index contributed by atoms with van der Waals surface area (Å²) >= 11 is 1.37. The first-order chi connectivity index (χ1) is 10.9. The number of carbonyl (C=O) groups excluding carboxylic acids is 2. The molecule has 1 aromatic heterocycles. The minimum atomic E-state index is -0.357. The maximum atomic E-state index is 13.4. The van der Waals surface area contributed by atoms with Gasteiger partial charge in [-0.05, 0) is 55.8 Å². The van der Waals surface area contributed by atoms with E-state index in [1.807, 2.05) is 13.8 Å². The maximum absolute atomic E-state index is 13.4. The topological polar surface area (TPSA) is 63.4 Å². The number of rotatable bonds is 2. The number of amides is 2. The molecule has 1 saturated heterocycles. The Hall–Kier alpha value is -1.95. The van der Waals surface area contributed by atoms with Crippen molar-refractivity contribution in [1.29, 1.82) is 0 Å². The van der Waals surface area contributed by atoms with Gasteiger partial charge in [0.1, 0.15) is 5.82 Å². The van der Waals surface area contributed by atoms with E-state index in [0.717, 1.165) is 28.5 Å². The van der Waals surface area contributed by atoms with Gasteiger partial charge < -0.3 is 10.6 Å². The Bertz CT molecular complexity index is 786. The minimum absolute atomic E-state index is 0.0689. The smallest absolute Gasteiger partial charge is 0.264 e. The van der Waals surface area contributed by atoms with Crippen LogP contribution in [0, 0.1) is 18.7 Å². The number of thiophene rings is 1. The van der Waals surface area contributed by atoms with Crippen LogP contribution in [0.4, 0.5) is 4.39 Å². The normalized spacial score (nSPS) is 21.6. The van der Waals surface area contributed by atoms with Gasteiger partial charge in [0.2, 0.25) is 5.91 Å². The summed E-state index contributed by atoms with van der Waals surface area (Å²) in [5.41, 5.74) is 6.20. The lowest BCUT2D eigenvalue weighted by Gasteiger charge is -2.36. The fourth-order valence-electron chi connectivity index (χ4n) is 3.15. The molecule has 23 heavy (non-hydrogen) atoms. The molecule has 0 spiro atoms. The predicted octanol–water partition coefficient (Wildman–Crippen LogP) is 3.07. The number of likely N-dealkylation sites (tertiary alicyclic amines) is 1. The van der Waals surface area contributed by atoms with Crippen molar-refractivity contribution in [1.82, 2.24) is 4.90 Å². The van der Waals surface area contributed by atoms with Crippen LogP contribution >= 0.6 is 11.3 Å².